The van der Waals surface area contributed by atoms with Gasteiger partial charge in [0.1, 0.15) is 0 Å². The van der Waals surface area contributed by atoms with Gasteiger partial charge < -0.3 is 15.4 Å². The Labute approximate surface area is 126 Å². The Hall–Kier alpha value is -1.14. The molecule has 4 nitrogen and oxygen atoms in total. The van der Waals surface area contributed by atoms with Crippen molar-refractivity contribution in [3.8, 4) is 5.75 Å². The molecule has 0 spiro atoms. The monoisotopic (exact) mass is 344 g/mol. The number of benzene rings is 1. The third kappa shape index (κ3) is 3.93. The zero-order valence-electron chi connectivity index (χ0n) is 11.1. The van der Waals surface area contributed by atoms with Crippen molar-refractivity contribution in [3.05, 3.63) is 28.5 Å². The highest BCUT2D eigenvalue weighted by atomic mass is 79.9. The van der Waals surface area contributed by atoms with Crippen molar-refractivity contribution >= 4 is 21.8 Å². The third-order valence-electron chi connectivity index (χ3n) is 3.44. The molecule has 0 aromatic heterocycles. The van der Waals surface area contributed by atoms with Gasteiger partial charge in [0.05, 0.1) is 13.0 Å². The summed E-state index contributed by atoms with van der Waals surface area (Å²) in [5.41, 5.74) is 5.59. The average Bonchev–Trinajstić information content (AvgIpc) is 2.90. The van der Waals surface area contributed by atoms with E-state index in [0.717, 1.165) is 19.5 Å². The molecule has 1 aliphatic rings. The van der Waals surface area contributed by atoms with Crippen LogP contribution in [0.25, 0.3) is 0 Å². The van der Waals surface area contributed by atoms with E-state index < -0.39 is 5.82 Å². The minimum atomic E-state index is -0.434. The molecule has 1 unspecified atom stereocenters. The highest BCUT2D eigenvalue weighted by Gasteiger charge is 2.24. The molecule has 20 heavy (non-hydrogen) atoms. The van der Waals surface area contributed by atoms with Gasteiger partial charge in [-0.25, -0.2) is 4.39 Å². The summed E-state index contributed by atoms with van der Waals surface area (Å²) >= 11 is 3.18. The van der Waals surface area contributed by atoms with E-state index in [1.54, 1.807) is 17.0 Å². The standard InChI is InChI=1S/C14H18BrFN2O2/c15-11-1-2-13(12(16)7-11)20-6-4-14(19)18-5-3-10(8-17)9-18/h1-2,7,10H,3-6,8-9,17H2. The first-order chi connectivity index (χ1) is 9.60. The third-order valence-corrected chi connectivity index (χ3v) is 3.93. The minimum Gasteiger partial charge on any atom is -0.490 e. The average molecular weight is 345 g/mol. The molecule has 0 bridgehead atoms. The van der Waals surface area contributed by atoms with Crippen molar-refractivity contribution in [1.82, 2.24) is 4.90 Å². The van der Waals surface area contributed by atoms with E-state index >= 15 is 0 Å². The number of halogens is 2. The highest BCUT2D eigenvalue weighted by Crippen LogP contribution is 2.22. The molecular formula is C14H18BrFN2O2. The first-order valence-corrected chi connectivity index (χ1v) is 7.45. The van der Waals surface area contributed by atoms with E-state index in [9.17, 15) is 9.18 Å². The number of hydrogen-bond donors (Lipinski definition) is 1. The molecule has 0 aliphatic carbocycles. The van der Waals surface area contributed by atoms with Crippen molar-refractivity contribution in [2.24, 2.45) is 11.7 Å². The van der Waals surface area contributed by atoms with Crippen LogP contribution >= 0.6 is 15.9 Å². The van der Waals surface area contributed by atoms with Crippen molar-refractivity contribution in [1.29, 1.82) is 0 Å². The fourth-order valence-electron chi connectivity index (χ4n) is 2.25. The maximum absolute atomic E-state index is 13.5. The summed E-state index contributed by atoms with van der Waals surface area (Å²) in [7, 11) is 0. The van der Waals surface area contributed by atoms with Crippen LogP contribution in [0.2, 0.25) is 0 Å². The molecule has 6 heteroatoms. The molecule has 2 rings (SSSR count). The van der Waals surface area contributed by atoms with Gasteiger partial charge in [0.25, 0.3) is 0 Å². The number of rotatable bonds is 5. The van der Waals surface area contributed by atoms with Crippen LogP contribution in [0.15, 0.2) is 22.7 Å². The second-order valence-corrected chi connectivity index (χ2v) is 5.82. The summed E-state index contributed by atoms with van der Waals surface area (Å²) in [6, 6.07) is 4.58. The summed E-state index contributed by atoms with van der Waals surface area (Å²) in [6.07, 6.45) is 1.22. The predicted octanol–water partition coefficient (Wildman–Crippen LogP) is 2.16. The quantitative estimate of drug-likeness (QED) is 0.890. The van der Waals surface area contributed by atoms with Crippen molar-refractivity contribution in [2.75, 3.05) is 26.2 Å². The lowest BCUT2D eigenvalue weighted by atomic mass is 10.1. The highest BCUT2D eigenvalue weighted by molar-refractivity contribution is 9.10. The molecule has 1 saturated heterocycles. The van der Waals surface area contributed by atoms with Gasteiger partial charge in [0.2, 0.25) is 5.91 Å². The van der Waals surface area contributed by atoms with E-state index in [1.807, 2.05) is 0 Å². The summed E-state index contributed by atoms with van der Waals surface area (Å²) in [5, 5.41) is 0. The van der Waals surface area contributed by atoms with E-state index in [-0.39, 0.29) is 24.7 Å². The van der Waals surface area contributed by atoms with Crippen molar-refractivity contribution in [3.63, 3.8) is 0 Å². The number of carbonyl (C=O) groups excluding carboxylic acids is 1. The second kappa shape index (κ2) is 7.04. The molecule has 0 radical (unpaired) electrons. The van der Waals surface area contributed by atoms with Crippen molar-refractivity contribution in [2.45, 2.75) is 12.8 Å². The van der Waals surface area contributed by atoms with Gasteiger partial charge in [-0.05, 0) is 37.1 Å². The molecule has 1 aromatic rings. The van der Waals surface area contributed by atoms with Crippen LogP contribution in [0.5, 0.6) is 5.75 Å². The zero-order chi connectivity index (χ0) is 14.5. The molecule has 2 N–H and O–H groups in total. The summed E-state index contributed by atoms with van der Waals surface area (Å²) in [6.45, 7) is 2.28. The van der Waals surface area contributed by atoms with Crippen LogP contribution in [-0.4, -0.2) is 37.0 Å². The van der Waals surface area contributed by atoms with Gasteiger partial charge in [-0.1, -0.05) is 15.9 Å². The molecular weight excluding hydrogens is 327 g/mol. The van der Waals surface area contributed by atoms with Crippen LogP contribution in [0.4, 0.5) is 4.39 Å². The van der Waals surface area contributed by atoms with Crippen LogP contribution in [0.3, 0.4) is 0 Å². The number of amides is 1. The van der Waals surface area contributed by atoms with Gasteiger partial charge >= 0.3 is 0 Å². The minimum absolute atomic E-state index is 0.0402. The lowest BCUT2D eigenvalue weighted by molar-refractivity contribution is -0.130. The second-order valence-electron chi connectivity index (χ2n) is 4.90. The maximum Gasteiger partial charge on any atom is 0.226 e. The Kier molecular flexibility index (Phi) is 5.37. The lowest BCUT2D eigenvalue weighted by Crippen LogP contribution is -2.30. The first kappa shape index (κ1) is 15.3. The van der Waals surface area contributed by atoms with Crippen LogP contribution in [0.1, 0.15) is 12.8 Å². The molecule has 0 saturated carbocycles. The molecule has 1 atom stereocenters. The Morgan fingerprint density at radius 3 is 3.00 bits per heavy atom. The molecule has 110 valence electrons. The van der Waals surface area contributed by atoms with Gasteiger partial charge in [-0.3, -0.25) is 4.79 Å². The Balaban J connectivity index is 1.77. The number of likely N-dealkylation sites (tertiary alicyclic amines) is 1. The smallest absolute Gasteiger partial charge is 0.226 e. The summed E-state index contributed by atoms with van der Waals surface area (Å²) in [4.78, 5) is 13.7. The van der Waals surface area contributed by atoms with E-state index in [4.69, 9.17) is 10.5 Å². The Bertz CT molecular complexity index is 484. The fraction of sp³-hybridized carbons (Fsp3) is 0.500. The number of ether oxygens (including phenoxy) is 1. The summed E-state index contributed by atoms with van der Waals surface area (Å²) in [5.74, 6) is 0.181. The van der Waals surface area contributed by atoms with Crippen LogP contribution < -0.4 is 10.5 Å². The molecule has 1 fully saturated rings. The molecule has 1 aliphatic heterocycles. The number of nitrogens with two attached hydrogens (primary N) is 1. The zero-order valence-corrected chi connectivity index (χ0v) is 12.7. The van der Waals surface area contributed by atoms with Gasteiger partial charge in [-0.2, -0.15) is 0 Å². The lowest BCUT2D eigenvalue weighted by Gasteiger charge is -2.16. The summed E-state index contributed by atoms with van der Waals surface area (Å²) < 4.78 is 19.5. The van der Waals surface area contributed by atoms with E-state index in [0.29, 0.717) is 16.9 Å². The van der Waals surface area contributed by atoms with Gasteiger partial charge in [0.15, 0.2) is 11.6 Å². The first-order valence-electron chi connectivity index (χ1n) is 6.66. The normalized spacial score (nSPS) is 18.4. The number of nitrogens with zero attached hydrogens (tertiary/aromatic N) is 1. The van der Waals surface area contributed by atoms with Gasteiger partial charge in [-0.15, -0.1) is 0 Å². The Morgan fingerprint density at radius 2 is 2.35 bits per heavy atom. The predicted molar refractivity (Wildman–Crippen MR) is 78.0 cm³/mol. The largest absolute Gasteiger partial charge is 0.490 e. The SMILES string of the molecule is NCC1CCN(C(=O)CCOc2ccc(Br)cc2F)C1. The topological polar surface area (TPSA) is 55.6 Å². The van der Waals surface area contributed by atoms with Crippen molar-refractivity contribution < 1.29 is 13.9 Å². The Morgan fingerprint density at radius 1 is 1.55 bits per heavy atom. The maximum atomic E-state index is 13.5. The van der Waals surface area contributed by atoms with E-state index in [2.05, 4.69) is 15.9 Å². The van der Waals surface area contributed by atoms with Crippen LogP contribution in [0, 0.1) is 11.7 Å². The van der Waals surface area contributed by atoms with E-state index in [1.165, 1.54) is 6.07 Å². The number of carbonyl (C=O) groups is 1. The fourth-order valence-corrected chi connectivity index (χ4v) is 2.58. The molecule has 1 amide bonds. The van der Waals surface area contributed by atoms with Gasteiger partial charge in [0, 0.05) is 17.6 Å². The van der Waals surface area contributed by atoms with Crippen LogP contribution in [-0.2, 0) is 4.79 Å². The number of hydrogen-bond acceptors (Lipinski definition) is 3. The molecule has 1 heterocycles. The molecule has 1 aromatic carbocycles.